The molecule has 270 valence electrons. The van der Waals surface area contributed by atoms with Gasteiger partial charge >= 0.3 is 0 Å². The van der Waals surface area contributed by atoms with Crippen LogP contribution in [-0.4, -0.2) is 41.4 Å². The summed E-state index contributed by atoms with van der Waals surface area (Å²) in [5.41, 5.74) is 13.5. The molecule has 7 nitrogen and oxygen atoms in total. The number of nitrogens with zero attached hydrogens (tertiary/aromatic N) is 2. The number of benzene rings is 3. The molecule has 50 heavy (non-hydrogen) atoms. The van der Waals surface area contributed by atoms with Gasteiger partial charge in [-0.1, -0.05) is 64.1 Å². The first-order valence-corrected chi connectivity index (χ1v) is 21.9. The molecule has 2 atom stereocenters. The van der Waals surface area contributed by atoms with Gasteiger partial charge in [0.25, 0.3) is 10.1 Å². The summed E-state index contributed by atoms with van der Waals surface area (Å²) in [6, 6.07) is 25.5. The second kappa shape index (κ2) is 15.0. The lowest BCUT2D eigenvalue weighted by Crippen LogP contribution is -2.42. The Morgan fingerprint density at radius 2 is 1.68 bits per heavy atom. The lowest BCUT2D eigenvalue weighted by molar-refractivity contribution is 0.273. The zero-order chi connectivity index (χ0) is 35.7. The highest BCUT2D eigenvalue weighted by Crippen LogP contribution is 2.49. The van der Waals surface area contributed by atoms with Crippen molar-refractivity contribution in [3.63, 3.8) is 0 Å². The summed E-state index contributed by atoms with van der Waals surface area (Å²) in [5.74, 6) is 2.12. The molecule has 0 fully saturated rings. The number of nitrogens with two attached hydrogens (primary N) is 1. The first-order valence-electron chi connectivity index (χ1n) is 18.2. The number of nitrogen functional groups attached to an aromatic ring is 1. The predicted molar refractivity (Wildman–Crippen MR) is 217 cm³/mol. The zero-order valence-corrected chi connectivity index (χ0v) is 33.3. The van der Waals surface area contributed by atoms with Gasteiger partial charge in [-0.05, 0) is 136 Å². The van der Waals surface area contributed by atoms with Crippen LogP contribution >= 0.6 is 21.0 Å². The van der Waals surface area contributed by atoms with Crippen molar-refractivity contribution in [1.82, 2.24) is 0 Å². The van der Waals surface area contributed by atoms with Gasteiger partial charge in [-0.3, -0.25) is 4.55 Å². The highest BCUT2D eigenvalue weighted by Gasteiger charge is 2.45. The molecule has 1 aliphatic carbocycles. The minimum absolute atomic E-state index is 0.0515. The molecule has 0 spiro atoms. The van der Waals surface area contributed by atoms with E-state index in [1.807, 2.05) is 24.3 Å². The van der Waals surface area contributed by atoms with Crippen molar-refractivity contribution >= 4 is 51.7 Å². The molecule has 3 aromatic carbocycles. The minimum Gasteiger partial charge on any atom is -0.461 e. The zero-order valence-electron chi connectivity index (χ0n) is 30.3. The molecule has 0 saturated heterocycles. The fourth-order valence-electron chi connectivity index (χ4n) is 8.51. The van der Waals surface area contributed by atoms with Crippen LogP contribution in [0.1, 0.15) is 97.1 Å². The van der Waals surface area contributed by atoms with Crippen LogP contribution in [0.25, 0.3) is 0 Å². The highest BCUT2D eigenvalue weighted by molar-refractivity contribution is 14.2. The van der Waals surface area contributed by atoms with Gasteiger partial charge in [0.2, 0.25) is 0 Å². The van der Waals surface area contributed by atoms with Gasteiger partial charge in [-0.2, -0.15) is 8.42 Å². The van der Waals surface area contributed by atoms with E-state index in [-0.39, 0.29) is 43.6 Å². The van der Waals surface area contributed by atoms with E-state index in [0.717, 1.165) is 74.4 Å². The Morgan fingerprint density at radius 1 is 0.940 bits per heavy atom. The first kappa shape index (κ1) is 36.9. The standard InChI is InChI=1S/C41H54IN3O4S/c1-6-45-36-19-11-10-18-33(36)40(2,3)37(42-45)24-20-29-14-12-15-30(39(29)49-32-16-8-7-9-17-32)21-25-38-41(4,5)34-28-31(43)22-23-35(34)44(38)26-13-27-50(46,47)48/h7-11,16-19,22-23,28,30,38H,6,12-15,20-21,24-27,43H2,1-5H3,(H,46,47,48). The van der Waals surface area contributed by atoms with Gasteiger partial charge in [-0.15, -0.1) is 0 Å². The van der Waals surface area contributed by atoms with E-state index in [1.165, 1.54) is 22.4 Å². The Hall–Kier alpha value is -2.89. The number of ether oxygens (including phenoxy) is 1. The van der Waals surface area contributed by atoms with Crippen molar-refractivity contribution in [2.45, 2.75) is 103 Å². The summed E-state index contributed by atoms with van der Waals surface area (Å²) in [7, 11) is -4.03. The molecule has 3 aromatic rings. The molecule has 9 heteroatoms. The van der Waals surface area contributed by atoms with Gasteiger partial charge in [0.05, 0.1) is 5.75 Å². The number of rotatable bonds is 13. The average Bonchev–Trinajstić information content (AvgIpc) is 3.28. The number of para-hydroxylation sites is 2. The lowest BCUT2D eigenvalue weighted by atomic mass is 9.75. The molecule has 0 amide bonds. The summed E-state index contributed by atoms with van der Waals surface area (Å²) in [6.45, 7) is 13.3. The minimum atomic E-state index is -4.03. The van der Waals surface area contributed by atoms with E-state index in [2.05, 4.69) is 91.2 Å². The van der Waals surface area contributed by atoms with Crippen LogP contribution in [0.4, 0.5) is 17.1 Å². The van der Waals surface area contributed by atoms with Gasteiger partial charge in [0.1, 0.15) is 11.5 Å². The Labute approximate surface area is 310 Å². The third-order valence-corrected chi connectivity index (χ3v) is 16.2. The predicted octanol–water partition coefficient (Wildman–Crippen LogP) is 9.58. The Kier molecular flexibility index (Phi) is 11.1. The van der Waals surface area contributed by atoms with Crippen LogP contribution in [0.3, 0.4) is 0 Å². The highest BCUT2D eigenvalue weighted by atomic mass is 127. The van der Waals surface area contributed by atoms with Gasteiger partial charge in [0.15, 0.2) is 0 Å². The molecular weight excluding hydrogens is 757 g/mol. The average molecular weight is 812 g/mol. The Balaban J connectivity index is 1.27. The lowest BCUT2D eigenvalue weighted by Gasteiger charge is -2.39. The van der Waals surface area contributed by atoms with E-state index in [0.29, 0.717) is 18.9 Å². The van der Waals surface area contributed by atoms with Crippen molar-refractivity contribution in [1.29, 1.82) is 0 Å². The van der Waals surface area contributed by atoms with Crippen LogP contribution in [-0.2, 0) is 20.9 Å². The van der Waals surface area contributed by atoms with Crippen LogP contribution < -0.4 is 18.5 Å². The molecule has 0 saturated carbocycles. The van der Waals surface area contributed by atoms with Gasteiger partial charge in [-0.25, -0.2) is 0 Å². The van der Waals surface area contributed by atoms with Crippen molar-refractivity contribution in [3.8, 4) is 5.75 Å². The van der Waals surface area contributed by atoms with Gasteiger partial charge < -0.3 is 18.5 Å². The number of anilines is 3. The van der Waals surface area contributed by atoms with Crippen molar-refractivity contribution < 1.29 is 17.7 Å². The smallest absolute Gasteiger partial charge is 0.264 e. The van der Waals surface area contributed by atoms with E-state index >= 15 is 0 Å². The summed E-state index contributed by atoms with van der Waals surface area (Å²) in [6.07, 6.45) is 7.70. The third-order valence-electron chi connectivity index (χ3n) is 11.2. The van der Waals surface area contributed by atoms with Crippen molar-refractivity contribution in [2.75, 3.05) is 32.6 Å². The van der Waals surface area contributed by atoms with Crippen molar-refractivity contribution in [2.24, 2.45) is 5.92 Å². The van der Waals surface area contributed by atoms with Crippen LogP contribution in [0.5, 0.6) is 5.75 Å². The third kappa shape index (κ3) is 7.80. The Morgan fingerprint density at radius 3 is 2.42 bits per heavy atom. The van der Waals surface area contributed by atoms with Crippen LogP contribution in [0.15, 0.2) is 84.1 Å². The molecule has 2 heterocycles. The number of halogens is 1. The molecule has 0 bridgehead atoms. The van der Waals surface area contributed by atoms with E-state index < -0.39 is 10.1 Å². The maximum absolute atomic E-state index is 11.6. The molecule has 2 aliphatic heterocycles. The number of hydrogen-bond donors (Lipinski definition) is 2. The second-order valence-electron chi connectivity index (χ2n) is 15.2. The normalized spacial score (nSPS) is 21.3. The maximum atomic E-state index is 11.6. The topological polar surface area (TPSA) is 96.1 Å². The van der Waals surface area contributed by atoms with Crippen LogP contribution in [0, 0.1) is 5.92 Å². The SMILES string of the molecule is CCN1I=C(CCC2=C(Oc3ccccc3)C(CCC3N(CCCS(=O)(=O)O)c4ccc(N)cc4C3(C)C)CCC2)C(C)(C)c2ccccc21. The summed E-state index contributed by atoms with van der Waals surface area (Å²) < 4.78 is 43.9. The molecule has 6 rings (SSSR count). The number of hydrogen-bond acceptors (Lipinski definition) is 6. The first-order chi connectivity index (χ1) is 23.8. The summed E-state index contributed by atoms with van der Waals surface area (Å²) >= 11 is -0.249. The van der Waals surface area contributed by atoms with E-state index in [4.69, 9.17) is 10.5 Å². The molecule has 2 unspecified atom stereocenters. The van der Waals surface area contributed by atoms with Crippen LogP contribution in [0.2, 0.25) is 0 Å². The molecular formula is C41H54IN3O4S. The fourth-order valence-corrected chi connectivity index (χ4v) is 12.1. The van der Waals surface area contributed by atoms with E-state index in [9.17, 15) is 13.0 Å². The second-order valence-corrected chi connectivity index (χ2v) is 19.7. The number of fused-ring (bicyclic) bond motifs is 2. The summed E-state index contributed by atoms with van der Waals surface area (Å²) in [5, 5.41) is 0. The molecule has 0 aromatic heterocycles. The fraction of sp³-hybridized carbons (Fsp3) is 0.488. The number of allylic oxidation sites excluding steroid dienone is 2. The molecule has 3 N–H and O–H groups in total. The largest absolute Gasteiger partial charge is 0.461 e. The molecule has 0 radical (unpaired) electrons. The summed E-state index contributed by atoms with van der Waals surface area (Å²) in [4.78, 5) is 2.37. The Bertz CT molecular complexity index is 1850. The van der Waals surface area contributed by atoms with Gasteiger partial charge in [0, 0.05) is 52.9 Å². The monoisotopic (exact) mass is 811 g/mol. The quantitative estimate of drug-likeness (QED) is 0.0769. The van der Waals surface area contributed by atoms with E-state index in [1.54, 1.807) is 3.51 Å². The maximum Gasteiger partial charge on any atom is 0.264 e. The molecule has 3 aliphatic rings. The van der Waals surface area contributed by atoms with Crippen molar-refractivity contribution in [3.05, 3.63) is 95.3 Å².